The van der Waals surface area contributed by atoms with Gasteiger partial charge in [0.1, 0.15) is 11.1 Å². The number of rotatable bonds is 2. The Morgan fingerprint density at radius 1 is 0.966 bits per heavy atom. The highest BCUT2D eigenvalue weighted by molar-refractivity contribution is 9.10. The summed E-state index contributed by atoms with van der Waals surface area (Å²) in [5, 5.41) is 0.729. The molecule has 0 aliphatic carbocycles. The molecule has 4 rings (SSSR count). The number of halogens is 1. The fourth-order valence-corrected chi connectivity index (χ4v) is 4.60. The zero-order chi connectivity index (χ0) is 20.7. The van der Waals surface area contributed by atoms with E-state index in [1.165, 1.54) is 22.4 Å². The number of anilines is 1. The number of aryl methyl sites for hydroxylation is 3. The normalized spacial score (nSPS) is 14.5. The largest absolute Gasteiger partial charge is 0.422 e. The van der Waals surface area contributed by atoms with E-state index in [0.717, 1.165) is 22.9 Å². The van der Waals surface area contributed by atoms with Crippen LogP contribution in [-0.2, 0) is 0 Å². The summed E-state index contributed by atoms with van der Waals surface area (Å²) in [6.45, 7) is 8.98. The van der Waals surface area contributed by atoms with Crippen molar-refractivity contribution in [1.29, 1.82) is 0 Å². The van der Waals surface area contributed by atoms with Crippen molar-refractivity contribution in [3.05, 3.63) is 73.5 Å². The third-order valence-electron chi connectivity index (χ3n) is 5.44. The average molecular weight is 455 g/mol. The quantitative estimate of drug-likeness (QED) is 0.536. The molecule has 1 amide bonds. The maximum atomic E-state index is 13.0. The molecule has 29 heavy (non-hydrogen) atoms. The molecule has 2 heterocycles. The van der Waals surface area contributed by atoms with Gasteiger partial charge in [-0.3, -0.25) is 4.79 Å². The van der Waals surface area contributed by atoms with E-state index in [-0.39, 0.29) is 11.5 Å². The van der Waals surface area contributed by atoms with Gasteiger partial charge in [0.25, 0.3) is 5.91 Å². The van der Waals surface area contributed by atoms with Crippen LogP contribution >= 0.6 is 15.9 Å². The standard InChI is InChI=1S/C23H23BrN2O3/c1-14-10-15(2)21(16(3)11-14)25-6-8-26(9-7-25)22(27)19-13-17-12-18(24)4-5-20(17)29-23(19)28/h4-5,10-13H,6-9H2,1-3H3. The van der Waals surface area contributed by atoms with E-state index >= 15 is 0 Å². The maximum Gasteiger partial charge on any atom is 0.349 e. The summed E-state index contributed by atoms with van der Waals surface area (Å²) < 4.78 is 6.23. The summed E-state index contributed by atoms with van der Waals surface area (Å²) in [6, 6.07) is 11.4. The lowest BCUT2D eigenvalue weighted by molar-refractivity contribution is 0.0742. The lowest BCUT2D eigenvalue weighted by Crippen LogP contribution is -2.49. The van der Waals surface area contributed by atoms with Crippen LogP contribution in [0.15, 0.2) is 50.1 Å². The van der Waals surface area contributed by atoms with Gasteiger partial charge in [-0.25, -0.2) is 4.79 Å². The number of fused-ring (bicyclic) bond motifs is 1. The molecule has 0 unspecified atom stereocenters. The predicted molar refractivity (Wildman–Crippen MR) is 119 cm³/mol. The molecule has 5 nitrogen and oxygen atoms in total. The second-order valence-electron chi connectivity index (χ2n) is 7.66. The Kier molecular flexibility index (Phi) is 5.21. The van der Waals surface area contributed by atoms with Crippen LogP contribution in [0.4, 0.5) is 5.69 Å². The predicted octanol–water partition coefficient (Wildman–Crippen LogP) is 4.44. The Hall–Kier alpha value is -2.60. The molecule has 6 heteroatoms. The Morgan fingerprint density at radius 2 is 1.62 bits per heavy atom. The van der Waals surface area contributed by atoms with E-state index < -0.39 is 5.63 Å². The number of hydrogen-bond acceptors (Lipinski definition) is 4. The summed E-state index contributed by atoms with van der Waals surface area (Å²) in [5.41, 5.74) is 4.99. The number of hydrogen-bond donors (Lipinski definition) is 0. The van der Waals surface area contributed by atoms with Crippen LogP contribution in [-0.4, -0.2) is 37.0 Å². The second-order valence-corrected chi connectivity index (χ2v) is 8.57. The number of amides is 1. The summed E-state index contributed by atoms with van der Waals surface area (Å²) in [6.07, 6.45) is 0. The zero-order valence-corrected chi connectivity index (χ0v) is 18.4. The van der Waals surface area contributed by atoms with Gasteiger partial charge < -0.3 is 14.2 Å². The lowest BCUT2D eigenvalue weighted by atomic mass is 10.0. The highest BCUT2D eigenvalue weighted by atomic mass is 79.9. The van der Waals surface area contributed by atoms with Crippen molar-refractivity contribution in [3.63, 3.8) is 0 Å². The first-order valence-electron chi connectivity index (χ1n) is 9.69. The van der Waals surface area contributed by atoms with Crippen molar-refractivity contribution in [1.82, 2.24) is 4.90 Å². The van der Waals surface area contributed by atoms with Gasteiger partial charge in [-0.05, 0) is 56.2 Å². The minimum Gasteiger partial charge on any atom is -0.422 e. The number of piperazine rings is 1. The van der Waals surface area contributed by atoms with Crippen molar-refractivity contribution in [2.45, 2.75) is 20.8 Å². The van der Waals surface area contributed by atoms with Crippen LogP contribution in [0.3, 0.4) is 0 Å². The van der Waals surface area contributed by atoms with E-state index in [0.29, 0.717) is 18.7 Å². The van der Waals surface area contributed by atoms with Gasteiger partial charge >= 0.3 is 5.63 Å². The number of carbonyl (C=O) groups excluding carboxylic acids is 1. The SMILES string of the molecule is Cc1cc(C)c(N2CCN(C(=O)c3cc4cc(Br)ccc4oc3=O)CC2)c(C)c1. The van der Waals surface area contributed by atoms with Crippen molar-refractivity contribution in [2.24, 2.45) is 0 Å². The third-order valence-corrected chi connectivity index (χ3v) is 5.94. The van der Waals surface area contributed by atoms with E-state index in [4.69, 9.17) is 4.42 Å². The smallest absolute Gasteiger partial charge is 0.349 e. The monoisotopic (exact) mass is 454 g/mol. The lowest BCUT2D eigenvalue weighted by Gasteiger charge is -2.37. The first-order chi connectivity index (χ1) is 13.8. The van der Waals surface area contributed by atoms with Gasteiger partial charge in [0.05, 0.1) is 0 Å². The number of benzene rings is 2. The van der Waals surface area contributed by atoms with Gasteiger partial charge in [-0.2, -0.15) is 0 Å². The first kappa shape index (κ1) is 19.7. The molecule has 1 aliphatic heterocycles. The molecule has 150 valence electrons. The molecule has 1 saturated heterocycles. The van der Waals surface area contributed by atoms with E-state index in [1.54, 1.807) is 23.1 Å². The first-order valence-corrected chi connectivity index (χ1v) is 10.5. The van der Waals surface area contributed by atoms with E-state index in [1.807, 2.05) is 6.07 Å². The minimum absolute atomic E-state index is 0.0896. The Bertz CT molecular complexity index is 1140. The highest BCUT2D eigenvalue weighted by Gasteiger charge is 2.26. The summed E-state index contributed by atoms with van der Waals surface area (Å²) in [7, 11) is 0. The van der Waals surface area contributed by atoms with Crippen molar-refractivity contribution < 1.29 is 9.21 Å². The molecular formula is C23H23BrN2O3. The number of nitrogens with zero attached hydrogens (tertiary/aromatic N) is 2. The molecule has 1 aromatic heterocycles. The Balaban J connectivity index is 1.55. The Morgan fingerprint density at radius 3 is 2.28 bits per heavy atom. The molecule has 0 spiro atoms. The van der Waals surface area contributed by atoms with Crippen LogP contribution in [0.2, 0.25) is 0 Å². The molecule has 2 aromatic carbocycles. The molecule has 0 atom stereocenters. The molecule has 1 aliphatic rings. The summed E-state index contributed by atoms with van der Waals surface area (Å²) in [5.74, 6) is -0.266. The molecular weight excluding hydrogens is 432 g/mol. The van der Waals surface area contributed by atoms with Crippen molar-refractivity contribution >= 4 is 38.5 Å². The minimum atomic E-state index is -0.586. The van der Waals surface area contributed by atoms with Crippen molar-refractivity contribution in [2.75, 3.05) is 31.1 Å². The molecule has 0 N–H and O–H groups in total. The highest BCUT2D eigenvalue weighted by Crippen LogP contribution is 2.27. The van der Waals surface area contributed by atoms with Crippen LogP contribution in [0.1, 0.15) is 27.0 Å². The summed E-state index contributed by atoms with van der Waals surface area (Å²) in [4.78, 5) is 29.4. The van der Waals surface area contributed by atoms with E-state index in [9.17, 15) is 9.59 Å². The molecule has 0 saturated carbocycles. The van der Waals surface area contributed by atoms with E-state index in [2.05, 4.69) is 53.7 Å². The van der Waals surface area contributed by atoms with Gasteiger partial charge in [0, 0.05) is 41.7 Å². The third kappa shape index (κ3) is 3.81. The second kappa shape index (κ2) is 7.67. The fourth-order valence-electron chi connectivity index (χ4n) is 4.22. The van der Waals surface area contributed by atoms with Crippen LogP contribution < -0.4 is 10.5 Å². The fraction of sp³-hybridized carbons (Fsp3) is 0.304. The molecule has 1 fully saturated rings. The van der Waals surface area contributed by atoms with Crippen LogP contribution in [0.5, 0.6) is 0 Å². The Labute approximate surface area is 178 Å². The average Bonchev–Trinajstić information content (AvgIpc) is 2.67. The van der Waals surface area contributed by atoms with Crippen LogP contribution in [0.25, 0.3) is 11.0 Å². The van der Waals surface area contributed by atoms with Gasteiger partial charge in [-0.1, -0.05) is 33.6 Å². The van der Waals surface area contributed by atoms with Gasteiger partial charge in [0.2, 0.25) is 0 Å². The topological polar surface area (TPSA) is 53.8 Å². The maximum absolute atomic E-state index is 13.0. The summed E-state index contributed by atoms with van der Waals surface area (Å²) >= 11 is 3.41. The van der Waals surface area contributed by atoms with Gasteiger partial charge in [-0.15, -0.1) is 0 Å². The molecule has 3 aromatic rings. The van der Waals surface area contributed by atoms with Crippen molar-refractivity contribution in [3.8, 4) is 0 Å². The van der Waals surface area contributed by atoms with Gasteiger partial charge in [0.15, 0.2) is 0 Å². The van der Waals surface area contributed by atoms with Crippen LogP contribution in [0, 0.1) is 20.8 Å². The number of carbonyl (C=O) groups is 1. The molecule has 0 bridgehead atoms. The molecule has 0 radical (unpaired) electrons. The zero-order valence-electron chi connectivity index (χ0n) is 16.8.